The van der Waals surface area contributed by atoms with Crippen molar-refractivity contribution in [3.8, 4) is 0 Å². The van der Waals surface area contributed by atoms with Crippen LogP contribution in [0.1, 0.15) is 12.8 Å². The van der Waals surface area contributed by atoms with Gasteiger partial charge in [-0.05, 0) is 25.9 Å². The number of piperidine rings is 1. The van der Waals surface area contributed by atoms with E-state index < -0.39 is 0 Å². The van der Waals surface area contributed by atoms with Crippen LogP contribution in [0.15, 0.2) is 12.2 Å². The van der Waals surface area contributed by atoms with Crippen LogP contribution < -0.4 is 5.32 Å². The van der Waals surface area contributed by atoms with Crippen molar-refractivity contribution in [2.24, 2.45) is 0 Å². The van der Waals surface area contributed by atoms with Crippen LogP contribution in [0.4, 0.5) is 0 Å². The number of hydrogen-bond acceptors (Lipinski definition) is 4. The normalized spacial score (nSPS) is 23.8. The Labute approximate surface area is 115 Å². The maximum atomic E-state index is 11.1. The summed E-state index contributed by atoms with van der Waals surface area (Å²) in [6.07, 6.45) is 6.03. The highest BCUT2D eigenvalue weighted by Crippen LogP contribution is 2.17. The molecule has 0 radical (unpaired) electrons. The standard InChI is InChI=1S/C14H25N3O2/c1-15-14(18)3-2-6-16-7-4-13(5-8-16)17-9-11-19-12-10-17/h2-3,13H,4-12H2,1H3,(H,15,18)/b3-2+. The number of amides is 1. The Hall–Kier alpha value is -0.910. The summed E-state index contributed by atoms with van der Waals surface area (Å²) in [5.74, 6) is -0.0248. The second-order valence-electron chi connectivity index (χ2n) is 5.20. The van der Waals surface area contributed by atoms with E-state index in [-0.39, 0.29) is 5.91 Å². The van der Waals surface area contributed by atoms with Gasteiger partial charge in [-0.1, -0.05) is 6.08 Å². The van der Waals surface area contributed by atoms with Gasteiger partial charge in [0.2, 0.25) is 5.91 Å². The van der Waals surface area contributed by atoms with Crippen LogP contribution in [0.3, 0.4) is 0 Å². The first-order valence-corrected chi connectivity index (χ1v) is 7.22. The summed E-state index contributed by atoms with van der Waals surface area (Å²) in [5.41, 5.74) is 0. The number of nitrogens with one attached hydrogen (secondary N) is 1. The first kappa shape index (κ1) is 14.5. The molecule has 0 unspecified atom stereocenters. The topological polar surface area (TPSA) is 44.8 Å². The number of nitrogens with zero attached hydrogens (tertiary/aromatic N) is 2. The molecule has 0 aromatic rings. The highest BCUT2D eigenvalue weighted by molar-refractivity contribution is 5.87. The van der Waals surface area contributed by atoms with E-state index in [1.807, 2.05) is 6.08 Å². The SMILES string of the molecule is CNC(=O)/C=C/CN1CCC(N2CCOCC2)CC1. The van der Waals surface area contributed by atoms with Gasteiger partial charge in [0.25, 0.3) is 0 Å². The van der Waals surface area contributed by atoms with Crippen LogP contribution in [0.25, 0.3) is 0 Å². The average molecular weight is 267 g/mol. The van der Waals surface area contributed by atoms with Gasteiger partial charge in [-0.3, -0.25) is 14.6 Å². The minimum absolute atomic E-state index is 0.0248. The molecule has 0 aromatic heterocycles. The van der Waals surface area contributed by atoms with Gasteiger partial charge in [-0.15, -0.1) is 0 Å². The molecule has 1 amide bonds. The Morgan fingerprint density at radius 3 is 2.58 bits per heavy atom. The van der Waals surface area contributed by atoms with Gasteiger partial charge in [-0.25, -0.2) is 0 Å². The van der Waals surface area contributed by atoms with Gasteiger partial charge in [0, 0.05) is 38.8 Å². The van der Waals surface area contributed by atoms with Crippen LogP contribution in [-0.2, 0) is 9.53 Å². The van der Waals surface area contributed by atoms with Gasteiger partial charge in [0.15, 0.2) is 0 Å². The number of likely N-dealkylation sites (N-methyl/N-ethyl adjacent to an activating group) is 1. The summed E-state index contributed by atoms with van der Waals surface area (Å²) in [6.45, 7) is 7.07. The quantitative estimate of drug-likeness (QED) is 0.733. The van der Waals surface area contributed by atoms with Crippen LogP contribution in [0.5, 0.6) is 0 Å². The molecule has 1 N–H and O–H groups in total. The number of carbonyl (C=O) groups excluding carboxylic acids is 1. The first-order valence-electron chi connectivity index (χ1n) is 7.22. The Morgan fingerprint density at radius 1 is 1.26 bits per heavy atom. The van der Waals surface area contributed by atoms with Crippen molar-refractivity contribution in [3.05, 3.63) is 12.2 Å². The molecule has 2 rings (SSSR count). The molecule has 0 saturated carbocycles. The monoisotopic (exact) mass is 267 g/mol. The lowest BCUT2D eigenvalue weighted by Gasteiger charge is -2.39. The van der Waals surface area contributed by atoms with Crippen molar-refractivity contribution in [2.75, 3.05) is 53.0 Å². The summed E-state index contributed by atoms with van der Waals surface area (Å²) in [6, 6.07) is 0.725. The number of likely N-dealkylation sites (tertiary alicyclic amines) is 1. The number of morpholine rings is 1. The van der Waals surface area contributed by atoms with E-state index in [0.29, 0.717) is 0 Å². The van der Waals surface area contributed by atoms with E-state index in [1.165, 1.54) is 12.8 Å². The molecule has 0 bridgehead atoms. The van der Waals surface area contributed by atoms with Crippen molar-refractivity contribution < 1.29 is 9.53 Å². The second kappa shape index (κ2) is 7.62. The molecular formula is C14H25N3O2. The molecule has 0 aliphatic carbocycles. The molecule has 2 aliphatic heterocycles. The van der Waals surface area contributed by atoms with Gasteiger partial charge in [-0.2, -0.15) is 0 Å². The van der Waals surface area contributed by atoms with E-state index in [4.69, 9.17) is 4.74 Å². The molecule has 19 heavy (non-hydrogen) atoms. The van der Waals surface area contributed by atoms with Crippen LogP contribution in [-0.4, -0.2) is 74.7 Å². The largest absolute Gasteiger partial charge is 0.379 e. The van der Waals surface area contributed by atoms with E-state index >= 15 is 0 Å². The minimum Gasteiger partial charge on any atom is -0.379 e. The molecule has 2 aliphatic rings. The molecule has 5 heteroatoms. The third kappa shape index (κ3) is 4.60. The molecule has 2 fully saturated rings. The lowest BCUT2D eigenvalue weighted by atomic mass is 10.0. The van der Waals surface area contributed by atoms with Crippen molar-refractivity contribution >= 4 is 5.91 Å². The molecule has 2 saturated heterocycles. The first-order chi connectivity index (χ1) is 9.29. The zero-order valence-corrected chi connectivity index (χ0v) is 11.8. The second-order valence-corrected chi connectivity index (χ2v) is 5.20. The zero-order chi connectivity index (χ0) is 13.5. The van der Waals surface area contributed by atoms with E-state index in [0.717, 1.165) is 52.0 Å². The number of hydrogen-bond donors (Lipinski definition) is 1. The fourth-order valence-corrected chi connectivity index (χ4v) is 2.80. The number of carbonyl (C=O) groups is 1. The third-order valence-corrected chi connectivity index (χ3v) is 4.00. The fraction of sp³-hybridized carbons (Fsp3) is 0.786. The predicted octanol–water partition coefficient (Wildman–Crippen LogP) is 0.0852. The summed E-state index contributed by atoms with van der Waals surface area (Å²) in [7, 11) is 1.65. The van der Waals surface area contributed by atoms with Crippen LogP contribution >= 0.6 is 0 Å². The number of rotatable bonds is 4. The molecular weight excluding hydrogens is 242 g/mol. The fourth-order valence-electron chi connectivity index (χ4n) is 2.80. The Kier molecular flexibility index (Phi) is 5.82. The van der Waals surface area contributed by atoms with Crippen LogP contribution in [0, 0.1) is 0 Å². The lowest BCUT2D eigenvalue weighted by Crippen LogP contribution is -2.49. The van der Waals surface area contributed by atoms with E-state index in [9.17, 15) is 4.79 Å². The molecule has 108 valence electrons. The van der Waals surface area contributed by atoms with Crippen molar-refractivity contribution in [2.45, 2.75) is 18.9 Å². The van der Waals surface area contributed by atoms with Gasteiger partial charge >= 0.3 is 0 Å². The maximum absolute atomic E-state index is 11.1. The Morgan fingerprint density at radius 2 is 1.95 bits per heavy atom. The average Bonchev–Trinajstić information content (AvgIpc) is 2.48. The maximum Gasteiger partial charge on any atom is 0.243 e. The molecule has 5 nitrogen and oxygen atoms in total. The predicted molar refractivity (Wildman–Crippen MR) is 75.1 cm³/mol. The van der Waals surface area contributed by atoms with Gasteiger partial charge < -0.3 is 10.1 Å². The summed E-state index contributed by atoms with van der Waals surface area (Å²) < 4.78 is 5.40. The van der Waals surface area contributed by atoms with E-state index in [1.54, 1.807) is 13.1 Å². The summed E-state index contributed by atoms with van der Waals surface area (Å²) >= 11 is 0. The Balaban J connectivity index is 1.67. The molecule has 0 atom stereocenters. The summed E-state index contributed by atoms with van der Waals surface area (Å²) in [4.78, 5) is 16.1. The smallest absolute Gasteiger partial charge is 0.243 e. The van der Waals surface area contributed by atoms with Gasteiger partial charge in [0.05, 0.1) is 13.2 Å². The van der Waals surface area contributed by atoms with Crippen molar-refractivity contribution in [1.29, 1.82) is 0 Å². The van der Waals surface area contributed by atoms with Crippen molar-refractivity contribution in [1.82, 2.24) is 15.1 Å². The zero-order valence-electron chi connectivity index (χ0n) is 11.8. The van der Waals surface area contributed by atoms with Gasteiger partial charge in [0.1, 0.15) is 0 Å². The van der Waals surface area contributed by atoms with Crippen molar-refractivity contribution in [3.63, 3.8) is 0 Å². The molecule has 0 aromatic carbocycles. The third-order valence-electron chi connectivity index (χ3n) is 4.00. The highest BCUT2D eigenvalue weighted by Gasteiger charge is 2.25. The minimum atomic E-state index is -0.0248. The van der Waals surface area contributed by atoms with E-state index in [2.05, 4.69) is 15.1 Å². The summed E-state index contributed by atoms with van der Waals surface area (Å²) in [5, 5.41) is 2.59. The molecule has 2 heterocycles. The molecule has 0 spiro atoms. The highest BCUT2D eigenvalue weighted by atomic mass is 16.5. The van der Waals surface area contributed by atoms with Crippen LogP contribution in [0.2, 0.25) is 0 Å². The Bertz CT molecular complexity index is 306. The lowest BCUT2D eigenvalue weighted by molar-refractivity contribution is -0.116. The number of ether oxygens (including phenoxy) is 1.